The number of phenolic OH excluding ortho intramolecular Hbond substituents is 1. The second-order valence-corrected chi connectivity index (χ2v) is 3.78. The number of ether oxygens (including phenoxy) is 1. The zero-order valence-electron chi connectivity index (χ0n) is 11.3. The lowest BCUT2D eigenvalue weighted by Crippen LogP contribution is -2.07. The number of nitro benzene ring substituents is 1. The number of non-ortho nitro benzene ring substituents is 1. The summed E-state index contributed by atoms with van der Waals surface area (Å²) in [7, 11) is 0. The highest BCUT2D eigenvalue weighted by molar-refractivity contribution is 5.88. The second-order valence-electron chi connectivity index (χ2n) is 3.78. The van der Waals surface area contributed by atoms with E-state index in [9.17, 15) is 25.1 Å². The lowest BCUT2D eigenvalue weighted by Gasteiger charge is -2.02. The molecule has 0 unspecified atom stereocenters. The Bertz CT molecular complexity index is 619. The van der Waals surface area contributed by atoms with Crippen molar-refractivity contribution in [1.29, 1.82) is 0 Å². The Hall–Kier alpha value is -2.97. The lowest BCUT2D eigenvalue weighted by atomic mass is 10.2. The van der Waals surface area contributed by atoms with Gasteiger partial charge in [0.1, 0.15) is 17.2 Å². The zero-order chi connectivity index (χ0) is 16.0. The summed E-state index contributed by atoms with van der Waals surface area (Å²) < 4.78 is 4.67. The number of carbonyl (C=O) groups is 1. The molecule has 1 rings (SSSR count). The van der Waals surface area contributed by atoms with Crippen LogP contribution in [0.3, 0.4) is 0 Å². The summed E-state index contributed by atoms with van der Waals surface area (Å²) in [6.07, 6.45) is 0. The first-order valence-electron chi connectivity index (χ1n) is 5.83. The van der Waals surface area contributed by atoms with E-state index in [0.29, 0.717) is 0 Å². The monoisotopic (exact) mass is 295 g/mol. The Kier molecular flexibility index (Phi) is 5.35. The van der Waals surface area contributed by atoms with Crippen LogP contribution in [0.2, 0.25) is 0 Å². The van der Waals surface area contributed by atoms with E-state index in [2.05, 4.69) is 15.0 Å². The highest BCUT2D eigenvalue weighted by Gasteiger charge is 2.15. The largest absolute Gasteiger partial charge is 0.510 e. The van der Waals surface area contributed by atoms with Gasteiger partial charge in [-0.15, -0.1) is 10.2 Å². The smallest absolute Gasteiger partial charge is 0.362 e. The van der Waals surface area contributed by atoms with Gasteiger partial charge in [-0.1, -0.05) is 0 Å². The van der Waals surface area contributed by atoms with Gasteiger partial charge in [0.25, 0.3) is 5.69 Å². The molecule has 0 saturated carbocycles. The predicted octanol–water partition coefficient (Wildman–Crippen LogP) is 2.74. The Morgan fingerprint density at radius 3 is 2.62 bits per heavy atom. The number of azo groups is 1. The normalized spacial score (nSPS) is 12.1. The molecule has 0 radical (unpaired) electrons. The summed E-state index contributed by atoms with van der Waals surface area (Å²) in [5.74, 6) is -1.76. The Morgan fingerprint density at radius 2 is 2.14 bits per heavy atom. The minimum Gasteiger partial charge on any atom is -0.510 e. The van der Waals surface area contributed by atoms with Gasteiger partial charge in [-0.05, 0) is 19.9 Å². The SMILES string of the molecule is CCOC(=O)C(N=Nc1ccc([N+](=O)[O-])cc1O)=C(C)O. The summed E-state index contributed by atoms with van der Waals surface area (Å²) >= 11 is 0. The van der Waals surface area contributed by atoms with Crippen LogP contribution in [0.15, 0.2) is 39.9 Å². The molecule has 0 heterocycles. The van der Waals surface area contributed by atoms with Gasteiger partial charge in [-0.2, -0.15) is 0 Å². The summed E-state index contributed by atoms with van der Waals surface area (Å²) in [4.78, 5) is 21.3. The van der Waals surface area contributed by atoms with Crippen molar-refractivity contribution in [3.05, 3.63) is 39.8 Å². The molecule has 21 heavy (non-hydrogen) atoms. The number of benzene rings is 1. The van der Waals surface area contributed by atoms with Crippen molar-refractivity contribution in [2.75, 3.05) is 6.61 Å². The number of hydrogen-bond donors (Lipinski definition) is 2. The molecular formula is C12H13N3O6. The molecular weight excluding hydrogens is 282 g/mol. The highest BCUT2D eigenvalue weighted by Crippen LogP contribution is 2.31. The number of nitrogens with zero attached hydrogens (tertiary/aromatic N) is 3. The first kappa shape index (κ1) is 16.1. The van der Waals surface area contributed by atoms with Crippen LogP contribution in [-0.4, -0.2) is 27.7 Å². The quantitative estimate of drug-likeness (QED) is 0.214. The third-order valence-corrected chi connectivity index (χ3v) is 2.24. The van der Waals surface area contributed by atoms with Crippen molar-refractivity contribution in [3.63, 3.8) is 0 Å². The Balaban J connectivity index is 3.06. The van der Waals surface area contributed by atoms with E-state index >= 15 is 0 Å². The molecule has 0 atom stereocenters. The highest BCUT2D eigenvalue weighted by atomic mass is 16.6. The maximum atomic E-state index is 11.5. The number of phenols is 1. The van der Waals surface area contributed by atoms with E-state index < -0.39 is 28.1 Å². The van der Waals surface area contributed by atoms with E-state index in [0.717, 1.165) is 18.2 Å². The number of rotatable bonds is 5. The van der Waals surface area contributed by atoms with Gasteiger partial charge in [0, 0.05) is 6.07 Å². The fourth-order valence-electron chi connectivity index (χ4n) is 1.27. The molecule has 9 nitrogen and oxygen atoms in total. The van der Waals surface area contributed by atoms with Gasteiger partial charge in [-0.3, -0.25) is 10.1 Å². The molecule has 9 heteroatoms. The summed E-state index contributed by atoms with van der Waals surface area (Å²) in [6, 6.07) is 3.17. The number of aromatic hydroxyl groups is 1. The third kappa shape index (κ3) is 4.27. The number of aliphatic hydroxyl groups excluding tert-OH is 1. The first-order chi connectivity index (χ1) is 9.86. The van der Waals surface area contributed by atoms with Crippen LogP contribution in [-0.2, 0) is 9.53 Å². The van der Waals surface area contributed by atoms with Gasteiger partial charge < -0.3 is 14.9 Å². The summed E-state index contributed by atoms with van der Waals surface area (Å²) in [5.41, 5.74) is -0.829. The van der Waals surface area contributed by atoms with E-state index in [1.54, 1.807) is 6.92 Å². The standard InChI is InChI=1S/C12H13N3O6/c1-3-21-12(18)11(7(2)16)14-13-9-5-4-8(15(19)20)6-10(9)17/h4-6,16-17H,3H2,1-2H3. The van der Waals surface area contributed by atoms with Crippen LogP contribution in [0, 0.1) is 10.1 Å². The zero-order valence-corrected chi connectivity index (χ0v) is 11.3. The van der Waals surface area contributed by atoms with Gasteiger partial charge in [0.15, 0.2) is 0 Å². The van der Waals surface area contributed by atoms with Crippen LogP contribution in [0.1, 0.15) is 13.8 Å². The second kappa shape index (κ2) is 6.98. The molecule has 0 saturated heterocycles. The maximum Gasteiger partial charge on any atom is 0.362 e. The molecule has 0 fully saturated rings. The van der Waals surface area contributed by atoms with Crippen molar-refractivity contribution in [2.24, 2.45) is 10.2 Å². The van der Waals surface area contributed by atoms with Gasteiger partial charge >= 0.3 is 5.97 Å². The van der Waals surface area contributed by atoms with Crippen LogP contribution < -0.4 is 0 Å². The molecule has 0 aromatic heterocycles. The number of esters is 1. The van der Waals surface area contributed by atoms with Crippen LogP contribution in [0.25, 0.3) is 0 Å². The first-order valence-corrected chi connectivity index (χ1v) is 5.83. The molecule has 0 aliphatic carbocycles. The average Bonchev–Trinajstić information content (AvgIpc) is 2.40. The van der Waals surface area contributed by atoms with Crippen molar-refractivity contribution >= 4 is 17.3 Å². The fourth-order valence-corrected chi connectivity index (χ4v) is 1.27. The van der Waals surface area contributed by atoms with E-state index in [4.69, 9.17) is 0 Å². The topological polar surface area (TPSA) is 135 Å². The van der Waals surface area contributed by atoms with E-state index in [1.807, 2.05) is 0 Å². The van der Waals surface area contributed by atoms with Crippen molar-refractivity contribution in [1.82, 2.24) is 0 Å². The Morgan fingerprint density at radius 1 is 1.48 bits per heavy atom. The molecule has 112 valence electrons. The molecule has 0 aliphatic heterocycles. The Labute approximate surface area is 119 Å². The lowest BCUT2D eigenvalue weighted by molar-refractivity contribution is -0.384. The minimum absolute atomic E-state index is 0.0912. The van der Waals surface area contributed by atoms with E-state index in [1.165, 1.54) is 6.92 Å². The molecule has 0 aliphatic rings. The van der Waals surface area contributed by atoms with Gasteiger partial charge in [0.05, 0.1) is 17.6 Å². The van der Waals surface area contributed by atoms with Crippen LogP contribution >= 0.6 is 0 Å². The number of aliphatic hydroxyl groups is 1. The van der Waals surface area contributed by atoms with Crippen LogP contribution in [0.5, 0.6) is 5.75 Å². The molecule has 1 aromatic rings. The van der Waals surface area contributed by atoms with Crippen LogP contribution in [0.4, 0.5) is 11.4 Å². The predicted molar refractivity (Wildman–Crippen MR) is 71.2 cm³/mol. The maximum absolute atomic E-state index is 11.5. The van der Waals surface area contributed by atoms with Crippen molar-refractivity contribution < 1.29 is 24.7 Å². The molecule has 0 spiro atoms. The number of allylic oxidation sites excluding steroid dienone is 1. The number of carbonyl (C=O) groups excluding carboxylic acids is 1. The fraction of sp³-hybridized carbons (Fsp3) is 0.250. The summed E-state index contributed by atoms with van der Waals surface area (Å²) in [6.45, 7) is 2.90. The number of hydrogen-bond acceptors (Lipinski definition) is 8. The summed E-state index contributed by atoms with van der Waals surface area (Å²) in [5, 5.41) is 36.5. The number of nitro groups is 1. The van der Waals surface area contributed by atoms with Crippen molar-refractivity contribution in [3.8, 4) is 5.75 Å². The van der Waals surface area contributed by atoms with Gasteiger partial charge in [-0.25, -0.2) is 4.79 Å². The van der Waals surface area contributed by atoms with Gasteiger partial charge in [0.2, 0.25) is 5.70 Å². The molecule has 2 N–H and O–H groups in total. The molecule has 1 aromatic carbocycles. The molecule has 0 amide bonds. The van der Waals surface area contributed by atoms with Crippen molar-refractivity contribution in [2.45, 2.75) is 13.8 Å². The minimum atomic E-state index is -0.873. The average molecular weight is 295 g/mol. The molecule has 0 bridgehead atoms. The van der Waals surface area contributed by atoms with E-state index in [-0.39, 0.29) is 18.0 Å². The third-order valence-electron chi connectivity index (χ3n) is 2.24.